The van der Waals surface area contributed by atoms with Crippen LogP contribution in [0.5, 0.6) is 0 Å². The van der Waals surface area contributed by atoms with E-state index in [-0.39, 0.29) is 40.9 Å². The number of Topliss-reactive ketones (excluding diaryl/α,β-unsaturated/α-hetero) is 1. The number of ketones is 2. The van der Waals surface area contributed by atoms with Crippen molar-refractivity contribution in [3.8, 4) is 6.07 Å². The third-order valence-electron chi connectivity index (χ3n) is 12.8. The maximum atomic E-state index is 14.7. The zero-order chi connectivity index (χ0) is 31.7. The molecule has 2 saturated carbocycles. The van der Waals surface area contributed by atoms with Crippen molar-refractivity contribution in [2.45, 2.75) is 120 Å². The molecule has 0 aromatic carbocycles. The van der Waals surface area contributed by atoms with Crippen molar-refractivity contribution in [2.75, 3.05) is 6.54 Å². The molecule has 0 spiro atoms. The maximum absolute atomic E-state index is 14.7. The summed E-state index contributed by atoms with van der Waals surface area (Å²) in [6, 6.07) is 2.15. The molecule has 0 aromatic heterocycles. The molecule has 0 radical (unpaired) electrons. The van der Waals surface area contributed by atoms with Crippen molar-refractivity contribution in [2.24, 2.45) is 44.3 Å². The molecule has 0 heterocycles. The first-order valence-corrected chi connectivity index (χ1v) is 15.7. The number of nitriles is 1. The zero-order valence-corrected chi connectivity index (χ0v) is 27.1. The van der Waals surface area contributed by atoms with Gasteiger partial charge in [-0.1, -0.05) is 73.5 Å². The van der Waals surface area contributed by atoms with E-state index in [1.54, 1.807) is 0 Å². The number of amides is 1. The summed E-state index contributed by atoms with van der Waals surface area (Å²) in [5, 5.41) is 12.4. The van der Waals surface area contributed by atoms with Crippen LogP contribution in [-0.2, 0) is 14.4 Å². The Morgan fingerprint density at radius 1 is 1.07 bits per heavy atom. The first-order valence-electron chi connectivity index (χ1n) is 15.7. The second kappa shape index (κ2) is 10.1. The molecule has 4 rings (SSSR count). The molecule has 4 aliphatic carbocycles. The Morgan fingerprint density at radius 2 is 1.71 bits per heavy atom. The fourth-order valence-corrected chi connectivity index (χ4v) is 10.1. The molecule has 42 heavy (non-hydrogen) atoms. The topological polar surface area (TPSA) is 87.0 Å². The van der Waals surface area contributed by atoms with Gasteiger partial charge in [-0.05, 0) is 79.1 Å². The van der Waals surface area contributed by atoms with Crippen LogP contribution in [0.4, 0.5) is 8.78 Å². The summed E-state index contributed by atoms with van der Waals surface area (Å²) < 4.78 is 27.2. The Labute approximate surface area is 251 Å². The second-order valence-electron chi connectivity index (χ2n) is 16.1. The lowest BCUT2D eigenvalue weighted by Gasteiger charge is -2.68. The highest BCUT2D eigenvalue weighted by atomic mass is 19.3. The van der Waals surface area contributed by atoms with E-state index in [2.05, 4.69) is 52.9 Å². The third kappa shape index (κ3) is 4.61. The number of allylic oxidation sites excluding steroid dienone is 4. The summed E-state index contributed by atoms with van der Waals surface area (Å²) in [7, 11) is 0. The monoisotopic (exact) mass is 584 g/mol. The summed E-state index contributed by atoms with van der Waals surface area (Å²) >= 11 is 0. The molecule has 5 nitrogen and oxygen atoms in total. The molecule has 6 atom stereocenters. The lowest BCUT2D eigenvalue weighted by molar-refractivity contribution is -0.165. The number of fused-ring (bicyclic) bond motifs is 3. The minimum Gasteiger partial charge on any atom is -0.351 e. The molecule has 232 valence electrons. The predicted molar refractivity (Wildman–Crippen MR) is 159 cm³/mol. The Balaban J connectivity index is 1.86. The van der Waals surface area contributed by atoms with Gasteiger partial charge in [0.1, 0.15) is 6.07 Å². The fourth-order valence-electron chi connectivity index (χ4n) is 10.1. The van der Waals surface area contributed by atoms with Crippen LogP contribution < -0.4 is 5.32 Å². The average Bonchev–Trinajstić information content (AvgIpc) is 2.88. The third-order valence-corrected chi connectivity index (χ3v) is 12.8. The molecule has 0 aromatic rings. The number of nitrogens with zero attached hydrogens (tertiary/aromatic N) is 1. The van der Waals surface area contributed by atoms with E-state index in [1.807, 2.05) is 26.0 Å². The van der Waals surface area contributed by atoms with Gasteiger partial charge in [-0.25, -0.2) is 0 Å². The van der Waals surface area contributed by atoms with Gasteiger partial charge in [0.05, 0.1) is 5.57 Å². The summed E-state index contributed by atoms with van der Waals surface area (Å²) in [6.07, 6.45) is 10.4. The minimum atomic E-state index is -3.45. The van der Waals surface area contributed by atoms with Gasteiger partial charge in [0.25, 0.3) is 5.91 Å². The van der Waals surface area contributed by atoms with E-state index in [4.69, 9.17) is 0 Å². The molecule has 4 aliphatic rings. The first-order chi connectivity index (χ1) is 19.1. The van der Waals surface area contributed by atoms with Crippen molar-refractivity contribution in [1.29, 1.82) is 5.26 Å². The molecular weight excluding hydrogens is 534 g/mol. The molecule has 1 amide bonds. The number of carbonyl (C=O) groups excluding carboxylic acids is 3. The minimum absolute atomic E-state index is 0.0602. The van der Waals surface area contributed by atoms with E-state index in [0.29, 0.717) is 19.8 Å². The van der Waals surface area contributed by atoms with Gasteiger partial charge in [0.2, 0.25) is 0 Å². The van der Waals surface area contributed by atoms with Crippen LogP contribution in [-0.4, -0.2) is 29.9 Å². The largest absolute Gasteiger partial charge is 0.351 e. The number of alkyl halides is 2. The van der Waals surface area contributed by atoms with Crippen LogP contribution in [0.1, 0.15) is 114 Å². The van der Waals surface area contributed by atoms with Gasteiger partial charge in [0, 0.05) is 29.7 Å². The quantitative estimate of drug-likeness (QED) is 0.323. The van der Waals surface area contributed by atoms with Crippen LogP contribution in [0, 0.1) is 55.7 Å². The summed E-state index contributed by atoms with van der Waals surface area (Å²) in [6.45, 7) is 17.8. The first kappa shape index (κ1) is 32.6. The smallest absolute Gasteiger partial charge is 0.321 e. The molecule has 0 saturated heterocycles. The highest BCUT2D eigenvalue weighted by Gasteiger charge is 2.69. The van der Waals surface area contributed by atoms with Gasteiger partial charge in [-0.2, -0.15) is 14.0 Å². The van der Waals surface area contributed by atoms with Gasteiger partial charge in [-0.3, -0.25) is 14.4 Å². The van der Waals surface area contributed by atoms with Gasteiger partial charge in [0.15, 0.2) is 11.6 Å². The van der Waals surface area contributed by atoms with Crippen molar-refractivity contribution in [3.63, 3.8) is 0 Å². The van der Waals surface area contributed by atoms with E-state index >= 15 is 0 Å². The van der Waals surface area contributed by atoms with Gasteiger partial charge >= 0.3 is 5.92 Å². The maximum Gasteiger partial charge on any atom is 0.321 e. The molecule has 0 bridgehead atoms. The lowest BCUT2D eigenvalue weighted by atomic mass is 9.34. The van der Waals surface area contributed by atoms with Crippen LogP contribution in [0.15, 0.2) is 23.3 Å². The van der Waals surface area contributed by atoms with Crippen LogP contribution in [0.3, 0.4) is 0 Å². The molecule has 1 N–H and O–H groups in total. The van der Waals surface area contributed by atoms with Gasteiger partial charge < -0.3 is 5.32 Å². The average molecular weight is 585 g/mol. The van der Waals surface area contributed by atoms with E-state index < -0.39 is 38.9 Å². The number of nitrogens with one attached hydrogen (secondary N) is 1. The van der Waals surface area contributed by atoms with Crippen molar-refractivity contribution in [3.05, 3.63) is 23.3 Å². The van der Waals surface area contributed by atoms with Gasteiger partial charge in [-0.15, -0.1) is 0 Å². The highest BCUT2D eigenvalue weighted by molar-refractivity contribution is 6.05. The van der Waals surface area contributed by atoms with Crippen molar-refractivity contribution >= 4 is 17.5 Å². The Hall–Kier alpha value is -2.36. The van der Waals surface area contributed by atoms with Crippen molar-refractivity contribution < 1.29 is 23.2 Å². The normalized spacial score (nSPS) is 39.3. The number of hydrogen-bond acceptors (Lipinski definition) is 4. The van der Waals surface area contributed by atoms with Crippen LogP contribution >= 0.6 is 0 Å². The lowest BCUT2D eigenvalue weighted by Crippen LogP contribution is -2.65. The Kier molecular flexibility index (Phi) is 7.82. The second-order valence-corrected chi connectivity index (χ2v) is 16.1. The Morgan fingerprint density at radius 3 is 2.29 bits per heavy atom. The Bertz CT molecular complexity index is 1280. The van der Waals surface area contributed by atoms with E-state index in [1.165, 1.54) is 0 Å². The number of carbonyl (C=O) groups is 3. The fraction of sp³-hybridized carbons (Fsp3) is 0.771. The molecule has 0 aliphatic heterocycles. The zero-order valence-electron chi connectivity index (χ0n) is 27.1. The SMILES string of the molecule is CC1(C)CCC[C@H]([C@@]2(C)C(=O)C=C3[C@@]4(C)C=C(C#N)C(=O)C(C)(C)[C@@H]4CC[C@@]3(C)[C@]2(C)CCCNC(=O)C(C)(F)F)C1. The summed E-state index contributed by atoms with van der Waals surface area (Å²) in [4.78, 5) is 40.0. The molecule has 2 fully saturated rings. The van der Waals surface area contributed by atoms with Crippen LogP contribution in [0.25, 0.3) is 0 Å². The van der Waals surface area contributed by atoms with E-state index in [0.717, 1.165) is 44.1 Å². The molecule has 0 unspecified atom stereocenters. The number of halogens is 2. The van der Waals surface area contributed by atoms with Crippen molar-refractivity contribution in [1.82, 2.24) is 5.32 Å². The number of rotatable bonds is 6. The highest BCUT2D eigenvalue weighted by Crippen LogP contribution is 2.74. The summed E-state index contributed by atoms with van der Waals surface area (Å²) in [5.41, 5.74) is -1.86. The summed E-state index contributed by atoms with van der Waals surface area (Å²) in [5.74, 6) is -4.69. The predicted octanol–water partition coefficient (Wildman–Crippen LogP) is 7.76. The van der Waals surface area contributed by atoms with Crippen LogP contribution in [0.2, 0.25) is 0 Å². The molecular formula is C35H50F2N2O3. The van der Waals surface area contributed by atoms with E-state index in [9.17, 15) is 28.4 Å². The standard InChI is InChI=1S/C35H50F2N2O3/c1-29(2)14-10-12-23(20-29)34(8)26(40)18-25-31(5)19-22(21-38)27(41)30(3,4)24(31)13-16-32(25,6)33(34,7)15-11-17-39-28(42)35(9,36)37/h18-19,23-24H,10-17,20H2,1-9H3,(H,39,42)/t23-,24-,31-,32+,33-,34-/m0/s1. The number of hydrogen-bond donors (Lipinski definition) is 1. The molecule has 7 heteroatoms.